The van der Waals surface area contributed by atoms with Crippen LogP contribution in [-0.4, -0.2) is 23.5 Å². The van der Waals surface area contributed by atoms with Crippen molar-refractivity contribution in [2.45, 2.75) is 32.1 Å². The Morgan fingerprint density at radius 2 is 2.17 bits per heavy atom. The lowest BCUT2D eigenvalue weighted by atomic mass is 9.74. The van der Waals surface area contributed by atoms with Crippen LogP contribution in [0.1, 0.15) is 29.5 Å². The van der Waals surface area contributed by atoms with E-state index in [0.717, 1.165) is 16.7 Å². The average Bonchev–Trinajstić information content (AvgIpc) is 2.59. The molecule has 1 aliphatic heterocycles. The van der Waals surface area contributed by atoms with Gasteiger partial charge in [0.25, 0.3) is 0 Å². The van der Waals surface area contributed by atoms with Gasteiger partial charge >= 0.3 is 5.97 Å². The third-order valence-corrected chi connectivity index (χ3v) is 3.57. The van der Waals surface area contributed by atoms with Crippen molar-refractivity contribution >= 4 is 11.9 Å². The molecule has 1 atom stereocenters. The van der Waals surface area contributed by atoms with E-state index in [1.807, 2.05) is 32.0 Å². The van der Waals surface area contributed by atoms with Gasteiger partial charge in [-0.25, -0.2) is 0 Å². The number of carboxylic acids is 1. The van der Waals surface area contributed by atoms with E-state index in [0.29, 0.717) is 6.54 Å². The topological polar surface area (TPSA) is 66.4 Å². The Morgan fingerprint density at radius 1 is 1.44 bits per heavy atom. The third kappa shape index (κ3) is 2.23. The number of hydrogen-bond acceptors (Lipinski definition) is 2. The highest BCUT2D eigenvalue weighted by Crippen LogP contribution is 2.36. The summed E-state index contributed by atoms with van der Waals surface area (Å²) in [5.41, 5.74) is 2.56. The van der Waals surface area contributed by atoms with Crippen molar-refractivity contribution < 1.29 is 14.7 Å². The lowest BCUT2D eigenvalue weighted by molar-refractivity contribution is -0.138. The Morgan fingerprint density at radius 3 is 2.67 bits per heavy atom. The fourth-order valence-corrected chi connectivity index (χ4v) is 2.81. The van der Waals surface area contributed by atoms with Gasteiger partial charge in [0.05, 0.1) is 6.42 Å². The number of benzene rings is 1. The number of hydrogen-bond donors (Lipinski definition) is 2. The molecular formula is C14H17NO3. The Hall–Kier alpha value is -1.84. The zero-order valence-electron chi connectivity index (χ0n) is 10.6. The maximum absolute atomic E-state index is 11.5. The molecule has 0 radical (unpaired) electrons. The molecule has 0 aliphatic carbocycles. The van der Waals surface area contributed by atoms with Gasteiger partial charge in [-0.2, -0.15) is 0 Å². The summed E-state index contributed by atoms with van der Waals surface area (Å²) in [5.74, 6) is -0.942. The highest BCUT2D eigenvalue weighted by molar-refractivity contribution is 5.83. The van der Waals surface area contributed by atoms with E-state index in [-0.39, 0.29) is 18.7 Å². The van der Waals surface area contributed by atoms with Crippen LogP contribution in [0.4, 0.5) is 0 Å². The van der Waals surface area contributed by atoms with Crippen molar-refractivity contribution in [2.75, 3.05) is 6.54 Å². The summed E-state index contributed by atoms with van der Waals surface area (Å²) in [6, 6.07) is 5.95. The lowest BCUT2D eigenvalue weighted by Gasteiger charge is -2.27. The molecule has 96 valence electrons. The monoisotopic (exact) mass is 247 g/mol. The highest BCUT2D eigenvalue weighted by atomic mass is 16.4. The van der Waals surface area contributed by atoms with Crippen LogP contribution in [0.2, 0.25) is 0 Å². The zero-order chi connectivity index (χ0) is 13.3. The first-order valence-corrected chi connectivity index (χ1v) is 5.99. The van der Waals surface area contributed by atoms with Crippen molar-refractivity contribution in [3.63, 3.8) is 0 Å². The Balaban J connectivity index is 2.46. The van der Waals surface area contributed by atoms with E-state index < -0.39 is 11.4 Å². The SMILES string of the molecule is Cc1ccc(C2(CC(=O)O)CNC(=O)C2)c(C)c1. The van der Waals surface area contributed by atoms with E-state index in [2.05, 4.69) is 5.32 Å². The summed E-state index contributed by atoms with van der Waals surface area (Å²) in [4.78, 5) is 22.6. The number of aryl methyl sites for hydroxylation is 2. The molecule has 4 nitrogen and oxygen atoms in total. The minimum atomic E-state index is -0.869. The number of nitrogens with one attached hydrogen (secondary N) is 1. The number of carbonyl (C=O) groups excluding carboxylic acids is 1. The van der Waals surface area contributed by atoms with Crippen LogP contribution < -0.4 is 5.32 Å². The Kier molecular flexibility index (Phi) is 3.11. The molecule has 2 N–H and O–H groups in total. The summed E-state index contributed by atoms with van der Waals surface area (Å²) < 4.78 is 0. The first kappa shape index (κ1) is 12.6. The molecule has 1 amide bonds. The smallest absolute Gasteiger partial charge is 0.304 e. The molecule has 1 unspecified atom stereocenters. The number of amides is 1. The molecule has 1 aromatic carbocycles. The fourth-order valence-electron chi connectivity index (χ4n) is 2.81. The summed E-state index contributed by atoms with van der Waals surface area (Å²) in [6.07, 6.45) is 0.235. The largest absolute Gasteiger partial charge is 0.481 e. The van der Waals surface area contributed by atoms with Crippen LogP contribution in [0.15, 0.2) is 18.2 Å². The molecule has 1 fully saturated rings. The summed E-state index contributed by atoms with van der Waals surface area (Å²) in [7, 11) is 0. The quantitative estimate of drug-likeness (QED) is 0.851. The van der Waals surface area contributed by atoms with Gasteiger partial charge in [-0.15, -0.1) is 0 Å². The summed E-state index contributed by atoms with van der Waals surface area (Å²) in [5, 5.41) is 11.8. The van der Waals surface area contributed by atoms with Crippen LogP contribution >= 0.6 is 0 Å². The van der Waals surface area contributed by atoms with Crippen LogP contribution in [0.5, 0.6) is 0 Å². The van der Waals surface area contributed by atoms with E-state index in [9.17, 15) is 9.59 Å². The van der Waals surface area contributed by atoms with Crippen molar-refractivity contribution in [1.82, 2.24) is 5.32 Å². The van der Waals surface area contributed by atoms with Crippen molar-refractivity contribution in [2.24, 2.45) is 0 Å². The van der Waals surface area contributed by atoms with Crippen LogP contribution in [-0.2, 0) is 15.0 Å². The number of carboxylic acid groups (broad SMARTS) is 1. The highest BCUT2D eigenvalue weighted by Gasteiger charge is 2.42. The molecule has 0 saturated carbocycles. The van der Waals surface area contributed by atoms with E-state index in [4.69, 9.17) is 5.11 Å². The van der Waals surface area contributed by atoms with Crippen molar-refractivity contribution in [3.05, 3.63) is 34.9 Å². The molecule has 2 rings (SSSR count). The molecule has 4 heteroatoms. The molecule has 1 saturated heterocycles. The average molecular weight is 247 g/mol. The second-order valence-corrected chi connectivity index (χ2v) is 5.12. The summed E-state index contributed by atoms with van der Waals surface area (Å²) in [6.45, 7) is 4.37. The summed E-state index contributed by atoms with van der Waals surface area (Å²) >= 11 is 0. The fraction of sp³-hybridized carbons (Fsp3) is 0.429. The second kappa shape index (κ2) is 4.44. The van der Waals surface area contributed by atoms with Crippen LogP contribution in [0.25, 0.3) is 0 Å². The van der Waals surface area contributed by atoms with E-state index in [1.165, 1.54) is 0 Å². The molecule has 1 aromatic rings. The molecule has 0 aromatic heterocycles. The number of aliphatic carboxylic acids is 1. The van der Waals surface area contributed by atoms with Gasteiger partial charge in [-0.3, -0.25) is 9.59 Å². The molecular weight excluding hydrogens is 230 g/mol. The molecule has 0 bridgehead atoms. The molecule has 1 heterocycles. The van der Waals surface area contributed by atoms with Gasteiger partial charge in [0.2, 0.25) is 5.91 Å². The number of rotatable bonds is 3. The van der Waals surface area contributed by atoms with Gasteiger partial charge in [0, 0.05) is 18.4 Å². The first-order chi connectivity index (χ1) is 8.43. The number of carbonyl (C=O) groups is 2. The first-order valence-electron chi connectivity index (χ1n) is 5.99. The second-order valence-electron chi connectivity index (χ2n) is 5.12. The molecule has 1 aliphatic rings. The maximum Gasteiger partial charge on any atom is 0.304 e. The Labute approximate surface area is 106 Å². The van der Waals surface area contributed by atoms with Gasteiger partial charge in [-0.05, 0) is 25.0 Å². The maximum atomic E-state index is 11.5. The predicted octanol–water partition coefficient (Wildman–Crippen LogP) is 1.54. The lowest BCUT2D eigenvalue weighted by Crippen LogP contribution is -2.32. The third-order valence-electron chi connectivity index (χ3n) is 3.57. The minimum Gasteiger partial charge on any atom is -0.481 e. The van der Waals surface area contributed by atoms with Crippen LogP contribution in [0, 0.1) is 13.8 Å². The van der Waals surface area contributed by atoms with Gasteiger partial charge in [-0.1, -0.05) is 23.8 Å². The van der Waals surface area contributed by atoms with Gasteiger partial charge in [0.15, 0.2) is 0 Å². The van der Waals surface area contributed by atoms with Crippen molar-refractivity contribution in [1.29, 1.82) is 0 Å². The van der Waals surface area contributed by atoms with Crippen LogP contribution in [0.3, 0.4) is 0 Å². The Bertz CT molecular complexity index is 510. The van der Waals surface area contributed by atoms with Gasteiger partial charge < -0.3 is 10.4 Å². The minimum absolute atomic E-state index is 0.0182. The van der Waals surface area contributed by atoms with E-state index in [1.54, 1.807) is 0 Å². The van der Waals surface area contributed by atoms with Gasteiger partial charge in [0.1, 0.15) is 0 Å². The standard InChI is InChI=1S/C14H17NO3/c1-9-3-4-11(10(2)5-9)14(7-13(17)18)6-12(16)15-8-14/h3-5H,6-8H2,1-2H3,(H,15,16)(H,17,18). The van der Waals surface area contributed by atoms with E-state index >= 15 is 0 Å². The molecule has 18 heavy (non-hydrogen) atoms. The predicted molar refractivity (Wildman–Crippen MR) is 67.5 cm³/mol. The zero-order valence-corrected chi connectivity index (χ0v) is 10.6. The normalized spacial score (nSPS) is 22.9. The molecule has 0 spiro atoms. The van der Waals surface area contributed by atoms with Crippen molar-refractivity contribution in [3.8, 4) is 0 Å².